The number of hydrogen-bond acceptors (Lipinski definition) is 6. The van der Waals surface area contributed by atoms with Crippen LogP contribution in [0.2, 0.25) is 0 Å². The summed E-state index contributed by atoms with van der Waals surface area (Å²) in [6.07, 6.45) is 8.20. The van der Waals surface area contributed by atoms with Gasteiger partial charge in [-0.1, -0.05) is 72.2 Å². The van der Waals surface area contributed by atoms with Crippen LogP contribution < -0.4 is 5.64 Å². The van der Waals surface area contributed by atoms with E-state index < -0.39 is 5.97 Å². The quantitative estimate of drug-likeness (QED) is 0.227. The van der Waals surface area contributed by atoms with Crippen molar-refractivity contribution in [2.45, 2.75) is 58.3 Å². The number of nitrogens with one attached hydrogen (secondary N) is 1. The second-order valence-electron chi connectivity index (χ2n) is 7.42. The second-order valence-corrected chi connectivity index (χ2v) is 7.42. The number of unbranched alkanes of at least 4 members (excludes halogenated alkanes) is 4. The highest BCUT2D eigenvalue weighted by Gasteiger charge is 2.08. The van der Waals surface area contributed by atoms with Gasteiger partial charge in [0.05, 0.1) is 6.61 Å². The molecule has 0 saturated carbocycles. The van der Waals surface area contributed by atoms with Gasteiger partial charge in [-0.3, -0.25) is 4.84 Å². The Balaban J connectivity index is 1.40. The number of carbonyl (C=O) groups excluding carboxylic acids is 1. The second kappa shape index (κ2) is 16.1. The van der Waals surface area contributed by atoms with Crippen LogP contribution in [0.4, 0.5) is 0 Å². The Hall–Kier alpha value is -2.70. The normalized spacial score (nSPS) is 11.3. The van der Waals surface area contributed by atoms with Crippen LogP contribution in [0.5, 0.6) is 0 Å². The maximum absolute atomic E-state index is 11.8. The zero-order valence-electron chi connectivity index (χ0n) is 18.4. The lowest BCUT2D eigenvalue weighted by Gasteiger charge is -2.06. The van der Waals surface area contributed by atoms with Crippen molar-refractivity contribution < 1.29 is 19.3 Å². The fraction of sp³-hybridized carbons (Fsp3) is 0.440. The monoisotopic (exact) mass is 426 g/mol. The van der Waals surface area contributed by atoms with Crippen molar-refractivity contribution in [1.29, 1.82) is 0 Å². The fourth-order valence-electron chi connectivity index (χ4n) is 3.00. The Morgan fingerprint density at radius 3 is 1.90 bits per heavy atom. The summed E-state index contributed by atoms with van der Waals surface area (Å²) in [4.78, 5) is 26.9. The summed E-state index contributed by atoms with van der Waals surface area (Å²) in [7, 11) is 0. The molecular weight excluding hydrogens is 392 g/mol. The summed E-state index contributed by atoms with van der Waals surface area (Å²) in [5.41, 5.74) is 5.06. The molecule has 0 amide bonds. The molecule has 31 heavy (non-hydrogen) atoms. The first-order valence-corrected chi connectivity index (χ1v) is 11.1. The van der Waals surface area contributed by atoms with Crippen LogP contribution in [0, 0.1) is 0 Å². The molecule has 2 aromatic carbocycles. The standard InChI is InChI=1S/C25H34N2O4/c1-22(26-29-20-12-4-10-18-23-14-6-2-7-15-23)25(28)31-27-30-21-13-5-11-19-24-16-8-3-9-17-24/h2-3,6-9,14-17,27H,4-5,10-13,18-21H2,1H3. The lowest BCUT2D eigenvalue weighted by molar-refractivity contribution is -0.184. The van der Waals surface area contributed by atoms with Gasteiger partial charge in [0.2, 0.25) is 0 Å². The zero-order valence-corrected chi connectivity index (χ0v) is 18.4. The predicted octanol–water partition coefficient (Wildman–Crippen LogP) is 5.18. The van der Waals surface area contributed by atoms with Gasteiger partial charge in [0.1, 0.15) is 6.61 Å². The van der Waals surface area contributed by atoms with Gasteiger partial charge >= 0.3 is 5.97 Å². The van der Waals surface area contributed by atoms with Gasteiger partial charge < -0.3 is 9.68 Å². The summed E-state index contributed by atoms with van der Waals surface area (Å²) < 4.78 is 0. The first-order chi connectivity index (χ1) is 15.3. The highest BCUT2D eigenvalue weighted by molar-refractivity contribution is 6.35. The Morgan fingerprint density at radius 2 is 1.32 bits per heavy atom. The van der Waals surface area contributed by atoms with E-state index in [1.165, 1.54) is 11.1 Å². The minimum atomic E-state index is -0.617. The van der Waals surface area contributed by atoms with Crippen molar-refractivity contribution in [1.82, 2.24) is 5.64 Å². The van der Waals surface area contributed by atoms with E-state index >= 15 is 0 Å². The van der Waals surface area contributed by atoms with Crippen LogP contribution in [-0.2, 0) is 32.1 Å². The van der Waals surface area contributed by atoms with Crippen molar-refractivity contribution >= 4 is 11.7 Å². The topological polar surface area (TPSA) is 69.2 Å². The summed E-state index contributed by atoms with van der Waals surface area (Å²) in [6, 6.07) is 20.8. The Kier molecular flexibility index (Phi) is 12.7. The number of rotatable bonds is 16. The van der Waals surface area contributed by atoms with Gasteiger partial charge in [-0.25, -0.2) is 4.79 Å². The number of nitrogens with zero attached hydrogens (tertiary/aromatic N) is 1. The SMILES string of the molecule is CC(=NOCCCCCc1ccccc1)C(=O)ONOCCCCCc1ccccc1. The summed E-state index contributed by atoms with van der Waals surface area (Å²) in [5, 5.41) is 3.79. The molecule has 0 unspecified atom stereocenters. The largest absolute Gasteiger partial charge is 0.395 e. The van der Waals surface area contributed by atoms with Crippen LogP contribution in [-0.4, -0.2) is 24.9 Å². The summed E-state index contributed by atoms with van der Waals surface area (Å²) in [6.45, 7) is 2.49. The van der Waals surface area contributed by atoms with E-state index in [0.29, 0.717) is 13.2 Å². The first-order valence-electron chi connectivity index (χ1n) is 11.1. The van der Waals surface area contributed by atoms with E-state index in [9.17, 15) is 4.79 Å². The lowest BCUT2D eigenvalue weighted by Crippen LogP contribution is -2.25. The van der Waals surface area contributed by atoms with E-state index in [2.05, 4.69) is 59.3 Å². The fourth-order valence-corrected chi connectivity index (χ4v) is 3.00. The Bertz CT molecular complexity index is 751. The van der Waals surface area contributed by atoms with Gasteiger partial charge in [0.15, 0.2) is 5.71 Å². The van der Waals surface area contributed by atoms with Crippen molar-refractivity contribution in [2.24, 2.45) is 5.16 Å². The zero-order chi connectivity index (χ0) is 22.0. The first kappa shape index (κ1) is 24.6. The van der Waals surface area contributed by atoms with E-state index in [4.69, 9.17) is 14.5 Å². The number of benzene rings is 2. The van der Waals surface area contributed by atoms with Crippen LogP contribution in [0.1, 0.15) is 56.6 Å². The molecule has 0 aromatic heterocycles. The molecule has 0 radical (unpaired) electrons. The van der Waals surface area contributed by atoms with Crippen molar-refractivity contribution in [3.05, 3.63) is 71.8 Å². The molecule has 2 aromatic rings. The molecule has 0 fully saturated rings. The summed E-state index contributed by atoms with van der Waals surface area (Å²) in [5.74, 6) is -0.617. The molecule has 0 atom stereocenters. The van der Waals surface area contributed by atoms with Gasteiger partial charge in [-0.2, -0.15) is 0 Å². The van der Waals surface area contributed by atoms with Crippen LogP contribution in [0.25, 0.3) is 0 Å². The average molecular weight is 427 g/mol. The van der Waals surface area contributed by atoms with E-state index in [0.717, 1.165) is 51.4 Å². The maximum atomic E-state index is 11.8. The van der Waals surface area contributed by atoms with Crippen molar-refractivity contribution in [2.75, 3.05) is 13.2 Å². The predicted molar refractivity (Wildman–Crippen MR) is 122 cm³/mol. The molecule has 0 saturated heterocycles. The third-order valence-electron chi connectivity index (χ3n) is 4.79. The van der Waals surface area contributed by atoms with Gasteiger partial charge in [-0.15, -0.1) is 0 Å². The molecule has 1 N–H and O–H groups in total. The minimum Gasteiger partial charge on any atom is -0.395 e. The molecule has 0 aliphatic heterocycles. The van der Waals surface area contributed by atoms with Crippen LogP contribution in [0.15, 0.2) is 65.8 Å². The molecule has 0 aliphatic carbocycles. The maximum Gasteiger partial charge on any atom is 0.376 e. The highest BCUT2D eigenvalue weighted by Crippen LogP contribution is 2.07. The van der Waals surface area contributed by atoms with Gasteiger partial charge in [0.25, 0.3) is 0 Å². The van der Waals surface area contributed by atoms with Crippen molar-refractivity contribution in [3.63, 3.8) is 0 Å². The molecule has 6 heteroatoms. The molecule has 0 aliphatic rings. The Morgan fingerprint density at radius 1 is 0.774 bits per heavy atom. The van der Waals surface area contributed by atoms with Gasteiger partial charge in [0, 0.05) is 0 Å². The van der Waals surface area contributed by atoms with E-state index in [1.807, 2.05) is 12.1 Å². The Labute approximate surface area is 185 Å². The lowest BCUT2D eigenvalue weighted by atomic mass is 10.1. The number of oxime groups is 1. The molecule has 0 bridgehead atoms. The molecule has 168 valence electrons. The smallest absolute Gasteiger partial charge is 0.376 e. The van der Waals surface area contributed by atoms with Gasteiger partial charge in [-0.05, 0) is 68.6 Å². The summed E-state index contributed by atoms with van der Waals surface area (Å²) >= 11 is 0. The molecule has 2 rings (SSSR count). The van der Waals surface area contributed by atoms with Crippen molar-refractivity contribution in [3.8, 4) is 0 Å². The molecule has 0 heterocycles. The third kappa shape index (κ3) is 11.9. The molecule has 6 nitrogen and oxygen atoms in total. The third-order valence-corrected chi connectivity index (χ3v) is 4.79. The van der Waals surface area contributed by atoms with Crippen LogP contribution in [0.3, 0.4) is 0 Å². The molecular formula is C25H34N2O4. The number of hydrogen-bond donors (Lipinski definition) is 1. The van der Waals surface area contributed by atoms with E-state index in [-0.39, 0.29) is 5.71 Å². The van der Waals surface area contributed by atoms with E-state index in [1.54, 1.807) is 6.92 Å². The minimum absolute atomic E-state index is 0.142. The van der Waals surface area contributed by atoms with Crippen LogP contribution >= 0.6 is 0 Å². The average Bonchev–Trinajstić information content (AvgIpc) is 2.81. The highest BCUT2D eigenvalue weighted by atomic mass is 16.9. The number of aryl methyl sites for hydroxylation is 2. The number of carbonyl (C=O) groups is 1. The molecule has 0 spiro atoms.